The molecule has 6 heteroatoms. The Labute approximate surface area is 201 Å². The van der Waals surface area contributed by atoms with Gasteiger partial charge in [0.15, 0.2) is 0 Å². The molecule has 1 N–H and O–H groups in total. The molecule has 0 bridgehead atoms. The summed E-state index contributed by atoms with van der Waals surface area (Å²) in [6, 6.07) is 23.3. The Kier molecular flexibility index (Phi) is 6.47. The molecule has 0 aliphatic carbocycles. The summed E-state index contributed by atoms with van der Waals surface area (Å²) in [5.74, 6) is 0.972. The van der Waals surface area contributed by atoms with Crippen molar-refractivity contribution >= 4 is 40.3 Å². The molecule has 0 unspecified atom stereocenters. The molecule has 1 aliphatic heterocycles. The van der Waals surface area contributed by atoms with Crippen LogP contribution in [0.5, 0.6) is 0 Å². The number of para-hydroxylation sites is 1. The number of thioether (sulfide) groups is 2. The largest absolute Gasteiger partial charge is 0.356 e. The van der Waals surface area contributed by atoms with E-state index in [4.69, 9.17) is 0 Å². The number of amides is 1. The summed E-state index contributed by atoms with van der Waals surface area (Å²) in [7, 11) is 0. The van der Waals surface area contributed by atoms with Gasteiger partial charge in [-0.3, -0.25) is 4.79 Å². The van der Waals surface area contributed by atoms with Gasteiger partial charge in [0.05, 0.1) is 11.8 Å². The van der Waals surface area contributed by atoms with Crippen LogP contribution >= 0.6 is 23.5 Å². The van der Waals surface area contributed by atoms with Crippen LogP contribution in [0.25, 0.3) is 10.9 Å². The van der Waals surface area contributed by atoms with Crippen LogP contribution in [-0.4, -0.2) is 34.3 Å². The predicted molar refractivity (Wildman–Crippen MR) is 136 cm³/mol. The Morgan fingerprint density at radius 3 is 2.58 bits per heavy atom. The number of carbonyl (C=O) groups excluding carboxylic acids is 1. The topological polar surface area (TPSA) is 36.1 Å². The zero-order valence-electron chi connectivity index (χ0n) is 18.4. The van der Waals surface area contributed by atoms with Gasteiger partial charge in [-0.1, -0.05) is 42.5 Å². The highest BCUT2D eigenvalue weighted by Crippen LogP contribution is 2.39. The molecule has 1 aromatic heterocycles. The summed E-state index contributed by atoms with van der Waals surface area (Å²) in [5.41, 5.74) is 5.70. The van der Waals surface area contributed by atoms with Crippen LogP contribution in [0.4, 0.5) is 4.39 Å². The summed E-state index contributed by atoms with van der Waals surface area (Å²) in [5, 5.41) is 1.25. The van der Waals surface area contributed by atoms with E-state index in [0.29, 0.717) is 18.1 Å². The van der Waals surface area contributed by atoms with Gasteiger partial charge in [-0.2, -0.15) is 0 Å². The first-order valence-electron chi connectivity index (χ1n) is 11.0. The highest BCUT2D eigenvalue weighted by molar-refractivity contribution is 7.99. The summed E-state index contributed by atoms with van der Waals surface area (Å²) in [4.78, 5) is 20.3. The van der Waals surface area contributed by atoms with Crippen molar-refractivity contribution in [2.24, 2.45) is 0 Å². The number of halogens is 1. The van der Waals surface area contributed by atoms with Crippen molar-refractivity contribution in [3.63, 3.8) is 0 Å². The number of hydrogen-bond acceptors (Lipinski definition) is 3. The number of H-pyrrole nitrogens is 1. The molecule has 5 rings (SSSR count). The van der Waals surface area contributed by atoms with Gasteiger partial charge in [0.2, 0.25) is 5.91 Å². The lowest BCUT2D eigenvalue weighted by Gasteiger charge is -2.36. The number of carbonyl (C=O) groups is 1. The molecule has 0 fully saturated rings. The van der Waals surface area contributed by atoms with E-state index in [1.807, 2.05) is 11.0 Å². The Hall–Kier alpha value is -2.70. The molecule has 33 heavy (non-hydrogen) atoms. The van der Waals surface area contributed by atoms with Gasteiger partial charge < -0.3 is 9.88 Å². The third-order valence-corrected chi connectivity index (χ3v) is 7.93. The van der Waals surface area contributed by atoms with E-state index in [1.165, 1.54) is 28.0 Å². The lowest BCUT2D eigenvalue weighted by Crippen LogP contribution is -2.41. The lowest BCUT2D eigenvalue weighted by molar-refractivity contribution is -0.130. The van der Waals surface area contributed by atoms with Gasteiger partial charge in [0.25, 0.3) is 0 Å². The number of nitrogens with zero attached hydrogens (tertiary/aromatic N) is 1. The molecule has 0 saturated heterocycles. The van der Waals surface area contributed by atoms with Crippen molar-refractivity contribution in [2.75, 3.05) is 18.6 Å². The fourth-order valence-corrected chi connectivity index (χ4v) is 5.84. The zero-order valence-corrected chi connectivity index (χ0v) is 20.0. The van der Waals surface area contributed by atoms with Crippen LogP contribution in [0, 0.1) is 5.82 Å². The van der Waals surface area contributed by atoms with Crippen LogP contribution in [0.1, 0.15) is 28.4 Å². The van der Waals surface area contributed by atoms with Crippen LogP contribution in [0.2, 0.25) is 0 Å². The predicted octanol–water partition coefficient (Wildman–Crippen LogP) is 6.44. The first kappa shape index (κ1) is 22.1. The standard InChI is InChI=1S/C27H25FN2OS2/c1-32-21-12-8-19(9-13-21)27-26-23(22-4-2-3-5-24(22)29-26)14-15-30(27)25(31)17-33-16-18-6-10-20(28)11-7-18/h2-13,27,29H,14-17H2,1H3/t27-/m0/s1. The maximum absolute atomic E-state index is 13.4. The second-order valence-corrected chi connectivity index (χ2v) is 10.1. The van der Waals surface area contributed by atoms with E-state index in [9.17, 15) is 9.18 Å². The number of aromatic amines is 1. The second kappa shape index (κ2) is 9.65. The third-order valence-electron chi connectivity index (χ3n) is 6.19. The second-order valence-electron chi connectivity index (χ2n) is 8.19. The molecule has 168 valence electrons. The molecule has 0 radical (unpaired) electrons. The molecular weight excluding hydrogens is 451 g/mol. The van der Waals surface area contributed by atoms with E-state index < -0.39 is 0 Å². The van der Waals surface area contributed by atoms with Gasteiger partial charge in [0.1, 0.15) is 5.82 Å². The van der Waals surface area contributed by atoms with E-state index in [0.717, 1.165) is 28.8 Å². The van der Waals surface area contributed by atoms with Crippen LogP contribution in [0.3, 0.4) is 0 Å². The molecular formula is C27H25FN2OS2. The molecule has 1 atom stereocenters. The number of hydrogen-bond donors (Lipinski definition) is 1. The van der Waals surface area contributed by atoms with Gasteiger partial charge >= 0.3 is 0 Å². The van der Waals surface area contributed by atoms with Crippen LogP contribution in [-0.2, 0) is 17.0 Å². The summed E-state index contributed by atoms with van der Waals surface area (Å²) >= 11 is 3.29. The van der Waals surface area contributed by atoms with E-state index in [2.05, 4.69) is 53.7 Å². The smallest absolute Gasteiger partial charge is 0.233 e. The van der Waals surface area contributed by atoms with Gasteiger partial charge in [-0.05, 0) is 59.7 Å². The maximum Gasteiger partial charge on any atom is 0.233 e. The minimum absolute atomic E-state index is 0.129. The molecule has 4 aromatic rings. The fourth-order valence-electron chi connectivity index (χ4n) is 4.56. The molecule has 0 spiro atoms. The first-order valence-corrected chi connectivity index (χ1v) is 13.4. The number of benzene rings is 3. The molecule has 0 saturated carbocycles. The summed E-state index contributed by atoms with van der Waals surface area (Å²) < 4.78 is 13.2. The lowest BCUT2D eigenvalue weighted by atomic mass is 9.92. The Bertz CT molecular complexity index is 1270. The SMILES string of the molecule is CSc1ccc([C@H]2c3[nH]c4ccccc4c3CCN2C(=O)CSCc2ccc(F)cc2)cc1. The fraction of sp³-hybridized carbons (Fsp3) is 0.222. The molecule has 3 nitrogen and oxygen atoms in total. The number of fused-ring (bicyclic) bond motifs is 3. The van der Waals surface area contributed by atoms with Gasteiger partial charge in [0, 0.05) is 33.8 Å². The van der Waals surface area contributed by atoms with Crippen molar-refractivity contribution in [1.29, 1.82) is 0 Å². The van der Waals surface area contributed by atoms with Crippen molar-refractivity contribution in [3.05, 3.63) is 101 Å². The Balaban J connectivity index is 1.42. The summed E-state index contributed by atoms with van der Waals surface area (Å²) in [6.07, 6.45) is 2.91. The number of rotatable bonds is 6. The number of aromatic nitrogens is 1. The quantitative estimate of drug-likeness (QED) is 0.326. The average Bonchev–Trinajstić information content (AvgIpc) is 3.23. The molecule has 2 heterocycles. The van der Waals surface area contributed by atoms with E-state index >= 15 is 0 Å². The summed E-state index contributed by atoms with van der Waals surface area (Å²) in [6.45, 7) is 0.694. The first-order chi connectivity index (χ1) is 16.1. The number of nitrogens with one attached hydrogen (secondary N) is 1. The molecule has 1 amide bonds. The molecule has 3 aromatic carbocycles. The van der Waals surface area contributed by atoms with Crippen molar-refractivity contribution in [3.8, 4) is 0 Å². The normalized spacial score (nSPS) is 15.6. The maximum atomic E-state index is 13.4. The van der Waals surface area contributed by atoms with Gasteiger partial charge in [-0.25, -0.2) is 4.39 Å². The average molecular weight is 477 g/mol. The highest BCUT2D eigenvalue weighted by atomic mass is 32.2. The van der Waals surface area contributed by atoms with Gasteiger partial charge in [-0.15, -0.1) is 23.5 Å². The minimum Gasteiger partial charge on any atom is -0.356 e. The highest BCUT2D eigenvalue weighted by Gasteiger charge is 2.34. The van der Waals surface area contributed by atoms with E-state index in [1.54, 1.807) is 35.7 Å². The Morgan fingerprint density at radius 2 is 1.82 bits per heavy atom. The molecule has 1 aliphatic rings. The van der Waals surface area contributed by atoms with Crippen molar-refractivity contribution < 1.29 is 9.18 Å². The monoisotopic (exact) mass is 476 g/mol. The van der Waals surface area contributed by atoms with E-state index in [-0.39, 0.29) is 17.8 Å². The zero-order chi connectivity index (χ0) is 22.8. The van der Waals surface area contributed by atoms with Crippen LogP contribution in [0.15, 0.2) is 77.7 Å². The van der Waals surface area contributed by atoms with Crippen molar-refractivity contribution in [1.82, 2.24) is 9.88 Å². The van der Waals surface area contributed by atoms with Crippen molar-refractivity contribution in [2.45, 2.75) is 23.1 Å². The third kappa shape index (κ3) is 4.55. The minimum atomic E-state index is -0.238. The Morgan fingerprint density at radius 1 is 1.06 bits per heavy atom. The van der Waals surface area contributed by atoms with Crippen LogP contribution < -0.4 is 0 Å².